The standard InChI is InChI=1S/C28H34FN5O2S/c1-17(2)30-25(35)21-11-12-23-24(14-21)34-27(33(26(23)36)15-19-9-7-18(3)8-10-19)31-32-28(34)37-16-20-5-4-6-22(29)13-20/h4-10,13,17,21,23-24,27,31H,11-12,14-16H2,1-3H3,(H,30,35). The van der Waals surface area contributed by atoms with E-state index in [9.17, 15) is 14.0 Å². The predicted molar refractivity (Wildman–Crippen MR) is 144 cm³/mol. The van der Waals surface area contributed by atoms with E-state index in [0.717, 1.165) is 16.3 Å². The summed E-state index contributed by atoms with van der Waals surface area (Å²) in [5, 5.41) is 8.46. The van der Waals surface area contributed by atoms with Crippen molar-refractivity contribution >= 4 is 28.7 Å². The molecule has 2 heterocycles. The zero-order valence-electron chi connectivity index (χ0n) is 21.5. The first-order valence-corrected chi connectivity index (χ1v) is 13.9. The first-order chi connectivity index (χ1) is 17.8. The summed E-state index contributed by atoms with van der Waals surface area (Å²) >= 11 is 1.53. The molecule has 2 aliphatic heterocycles. The van der Waals surface area contributed by atoms with Gasteiger partial charge in [0.1, 0.15) is 5.82 Å². The van der Waals surface area contributed by atoms with Crippen molar-refractivity contribution < 1.29 is 14.0 Å². The first kappa shape index (κ1) is 25.6. The fraction of sp³-hybridized carbons (Fsp3) is 0.464. The fourth-order valence-electron chi connectivity index (χ4n) is 5.53. The van der Waals surface area contributed by atoms with Crippen LogP contribution in [-0.2, 0) is 21.9 Å². The predicted octanol–water partition coefficient (Wildman–Crippen LogP) is 4.18. The fourth-order valence-corrected chi connectivity index (χ4v) is 6.51. The molecule has 1 saturated heterocycles. The van der Waals surface area contributed by atoms with Crippen LogP contribution in [0.3, 0.4) is 0 Å². The third-order valence-electron chi connectivity index (χ3n) is 7.36. The minimum Gasteiger partial charge on any atom is -0.354 e. The van der Waals surface area contributed by atoms with Crippen LogP contribution in [0.25, 0.3) is 0 Å². The van der Waals surface area contributed by atoms with Crippen LogP contribution >= 0.6 is 11.8 Å². The lowest BCUT2D eigenvalue weighted by molar-refractivity contribution is -0.159. The molecule has 2 aromatic rings. The van der Waals surface area contributed by atoms with Crippen LogP contribution in [0, 0.1) is 24.6 Å². The monoisotopic (exact) mass is 523 g/mol. The Hall–Kier alpha value is -3.07. The second kappa shape index (κ2) is 10.7. The lowest BCUT2D eigenvalue weighted by Crippen LogP contribution is -2.67. The summed E-state index contributed by atoms with van der Waals surface area (Å²) in [4.78, 5) is 30.8. The number of aryl methyl sites for hydroxylation is 1. The highest BCUT2D eigenvalue weighted by Gasteiger charge is 2.53. The van der Waals surface area contributed by atoms with Gasteiger partial charge in [0.25, 0.3) is 0 Å². The summed E-state index contributed by atoms with van der Waals surface area (Å²) in [6.45, 7) is 6.45. The molecule has 3 aliphatic rings. The molecule has 5 rings (SSSR count). The van der Waals surface area contributed by atoms with Crippen LogP contribution < -0.4 is 10.7 Å². The molecule has 4 atom stereocenters. The van der Waals surface area contributed by atoms with Crippen molar-refractivity contribution in [3.63, 3.8) is 0 Å². The van der Waals surface area contributed by atoms with E-state index in [1.807, 2.05) is 31.7 Å². The molecule has 0 aromatic heterocycles. The number of benzene rings is 2. The molecule has 7 nitrogen and oxygen atoms in total. The molecule has 2 fully saturated rings. The lowest BCUT2D eigenvalue weighted by Gasteiger charge is -2.51. The summed E-state index contributed by atoms with van der Waals surface area (Å²) in [7, 11) is 0. The molecule has 1 aliphatic carbocycles. The van der Waals surface area contributed by atoms with E-state index in [0.29, 0.717) is 31.6 Å². The number of carbonyl (C=O) groups is 2. The Morgan fingerprint density at radius 2 is 1.97 bits per heavy atom. The summed E-state index contributed by atoms with van der Waals surface area (Å²) in [5.74, 6) is 0.107. The molecule has 1 saturated carbocycles. The number of amides is 2. The molecule has 2 N–H and O–H groups in total. The number of fused-ring (bicyclic) bond motifs is 3. The quantitative estimate of drug-likeness (QED) is 0.594. The van der Waals surface area contributed by atoms with Crippen LogP contribution in [0.1, 0.15) is 49.8 Å². The van der Waals surface area contributed by atoms with Gasteiger partial charge in [-0.2, -0.15) is 5.10 Å². The zero-order valence-corrected chi connectivity index (χ0v) is 22.3. The number of rotatable bonds is 6. The van der Waals surface area contributed by atoms with Gasteiger partial charge < -0.3 is 10.2 Å². The molecule has 37 heavy (non-hydrogen) atoms. The van der Waals surface area contributed by atoms with E-state index in [1.165, 1.54) is 29.5 Å². The highest BCUT2D eigenvalue weighted by atomic mass is 32.2. The summed E-state index contributed by atoms with van der Waals surface area (Å²) in [6, 6.07) is 14.8. The number of carbonyl (C=O) groups excluding carboxylic acids is 2. The van der Waals surface area contributed by atoms with Gasteiger partial charge in [0.2, 0.25) is 11.8 Å². The summed E-state index contributed by atoms with van der Waals surface area (Å²) < 4.78 is 13.7. The topological polar surface area (TPSA) is 77.0 Å². The SMILES string of the molecule is Cc1ccc(CN2C(=O)C3CCC(C(=O)NC(C)C)CC3N3C(SCc4cccc(F)c4)=NNC23)cc1. The van der Waals surface area contributed by atoms with Crippen molar-refractivity contribution in [2.24, 2.45) is 16.9 Å². The Balaban J connectivity index is 1.40. The Morgan fingerprint density at radius 1 is 1.19 bits per heavy atom. The minimum absolute atomic E-state index is 0.0533. The van der Waals surface area contributed by atoms with Crippen LogP contribution in [0.4, 0.5) is 4.39 Å². The summed E-state index contributed by atoms with van der Waals surface area (Å²) in [6.07, 6.45) is 1.54. The molecular formula is C28H34FN5O2S. The van der Waals surface area contributed by atoms with E-state index in [4.69, 9.17) is 0 Å². The van der Waals surface area contributed by atoms with Crippen molar-refractivity contribution in [3.05, 3.63) is 71.0 Å². The number of nitrogens with one attached hydrogen (secondary N) is 2. The Bertz CT molecular complexity index is 1190. The van der Waals surface area contributed by atoms with Crippen molar-refractivity contribution in [1.82, 2.24) is 20.5 Å². The van der Waals surface area contributed by atoms with Crippen LogP contribution in [0.15, 0.2) is 53.6 Å². The van der Waals surface area contributed by atoms with E-state index in [2.05, 4.69) is 45.0 Å². The van der Waals surface area contributed by atoms with Gasteiger partial charge >= 0.3 is 0 Å². The molecule has 2 aromatic carbocycles. The number of hydrogen-bond donors (Lipinski definition) is 2. The molecular weight excluding hydrogens is 489 g/mol. The van der Waals surface area contributed by atoms with Crippen molar-refractivity contribution in [1.29, 1.82) is 0 Å². The summed E-state index contributed by atoms with van der Waals surface area (Å²) in [5.41, 5.74) is 6.30. The molecule has 4 unspecified atom stereocenters. The van der Waals surface area contributed by atoms with Crippen molar-refractivity contribution in [3.8, 4) is 0 Å². The maximum Gasteiger partial charge on any atom is 0.231 e. The number of hydrogen-bond acceptors (Lipinski definition) is 6. The number of halogens is 1. The highest BCUT2D eigenvalue weighted by molar-refractivity contribution is 8.13. The smallest absolute Gasteiger partial charge is 0.231 e. The van der Waals surface area contributed by atoms with E-state index >= 15 is 0 Å². The van der Waals surface area contributed by atoms with E-state index < -0.39 is 6.29 Å². The Kier molecular flexibility index (Phi) is 7.42. The minimum atomic E-state index is -0.419. The van der Waals surface area contributed by atoms with Gasteiger partial charge in [-0.25, -0.2) is 4.39 Å². The second-order valence-corrected chi connectivity index (χ2v) is 11.5. The van der Waals surface area contributed by atoms with Gasteiger partial charge in [-0.1, -0.05) is 53.7 Å². The normalized spacial score (nSPS) is 24.9. The zero-order chi connectivity index (χ0) is 26.1. The molecule has 9 heteroatoms. The largest absolute Gasteiger partial charge is 0.354 e. The maximum atomic E-state index is 13.8. The van der Waals surface area contributed by atoms with Gasteiger partial charge in [-0.3, -0.25) is 19.9 Å². The second-order valence-electron chi connectivity index (χ2n) is 10.5. The maximum absolute atomic E-state index is 13.8. The third-order valence-corrected chi connectivity index (χ3v) is 8.40. The van der Waals surface area contributed by atoms with E-state index in [1.54, 1.807) is 6.07 Å². The number of nitrogens with zero attached hydrogens (tertiary/aromatic N) is 3. The van der Waals surface area contributed by atoms with Gasteiger partial charge in [0.15, 0.2) is 11.5 Å². The van der Waals surface area contributed by atoms with Crippen LogP contribution in [0.5, 0.6) is 0 Å². The van der Waals surface area contributed by atoms with Gasteiger partial charge in [-0.15, -0.1) is 0 Å². The molecule has 0 spiro atoms. The number of thioether (sulfide) groups is 1. The molecule has 196 valence electrons. The van der Waals surface area contributed by atoms with Crippen LogP contribution in [0.2, 0.25) is 0 Å². The van der Waals surface area contributed by atoms with Gasteiger partial charge in [-0.05, 0) is 63.3 Å². The number of amidine groups is 1. The van der Waals surface area contributed by atoms with Gasteiger partial charge in [0.05, 0.1) is 5.92 Å². The van der Waals surface area contributed by atoms with E-state index in [-0.39, 0.29) is 41.6 Å². The third kappa shape index (κ3) is 5.46. The Morgan fingerprint density at radius 3 is 2.70 bits per heavy atom. The Labute approximate surface area is 221 Å². The van der Waals surface area contributed by atoms with Crippen LogP contribution in [-0.4, -0.2) is 45.2 Å². The van der Waals surface area contributed by atoms with Crippen molar-refractivity contribution in [2.45, 2.75) is 70.7 Å². The lowest BCUT2D eigenvalue weighted by atomic mass is 9.75. The molecule has 0 radical (unpaired) electrons. The van der Waals surface area contributed by atoms with Gasteiger partial charge in [0, 0.05) is 30.3 Å². The van der Waals surface area contributed by atoms with Crippen molar-refractivity contribution in [2.75, 3.05) is 0 Å². The molecule has 2 amide bonds. The first-order valence-electron chi connectivity index (χ1n) is 13.0. The highest BCUT2D eigenvalue weighted by Crippen LogP contribution is 2.41. The average molecular weight is 524 g/mol. The average Bonchev–Trinajstić information content (AvgIpc) is 3.30. The molecule has 0 bridgehead atoms. The number of hydrazone groups is 1.